The van der Waals surface area contributed by atoms with Crippen molar-refractivity contribution in [2.75, 3.05) is 25.5 Å². The summed E-state index contributed by atoms with van der Waals surface area (Å²) in [7, 11) is 1.70. The highest BCUT2D eigenvalue weighted by atomic mass is 127. The molecule has 6 nitrogen and oxygen atoms in total. The molecular weight excluding hydrogens is 486 g/mol. The molecule has 0 aliphatic rings. The summed E-state index contributed by atoms with van der Waals surface area (Å²) in [5, 5.41) is 9.19. The second-order valence-corrected chi connectivity index (χ2v) is 6.39. The third-order valence-corrected chi connectivity index (χ3v) is 3.89. The maximum absolute atomic E-state index is 13.2. The van der Waals surface area contributed by atoms with Crippen molar-refractivity contribution in [3.05, 3.63) is 59.9 Å². The number of amides is 1. The molecule has 0 saturated heterocycles. The molecule has 2 rings (SSSR count). The van der Waals surface area contributed by atoms with Gasteiger partial charge in [0, 0.05) is 32.3 Å². The molecule has 0 aromatic heterocycles. The summed E-state index contributed by atoms with van der Waals surface area (Å²) in [6, 6.07) is 13.8. The molecule has 0 aliphatic carbocycles. The Balaban J connectivity index is 0.00000420. The van der Waals surface area contributed by atoms with Crippen LogP contribution in [0.4, 0.5) is 10.1 Å². The number of guanidine groups is 1. The van der Waals surface area contributed by atoms with Crippen molar-refractivity contribution in [1.82, 2.24) is 10.6 Å². The van der Waals surface area contributed by atoms with Crippen LogP contribution in [0.15, 0.2) is 53.5 Å². The molecular formula is C21H28FIN4O2. The van der Waals surface area contributed by atoms with Gasteiger partial charge >= 0.3 is 0 Å². The van der Waals surface area contributed by atoms with E-state index in [1.165, 1.54) is 19.1 Å². The van der Waals surface area contributed by atoms with Crippen molar-refractivity contribution in [2.45, 2.75) is 26.4 Å². The van der Waals surface area contributed by atoms with Crippen LogP contribution in [0.25, 0.3) is 0 Å². The standard InChI is InChI=1S/C21H27FN4O2.HI/c1-15(28-20-6-4-5-18(22)13-20)14-25-21(23-3)24-12-11-17-7-9-19(10-8-17)26-16(2)27;/h4-10,13,15H,11-12,14H2,1-3H3,(H,26,27)(H2,23,24,25);1H. The van der Waals surface area contributed by atoms with E-state index >= 15 is 0 Å². The molecule has 0 heterocycles. The van der Waals surface area contributed by atoms with Gasteiger partial charge in [0.2, 0.25) is 5.91 Å². The van der Waals surface area contributed by atoms with Crippen LogP contribution in [0.1, 0.15) is 19.4 Å². The van der Waals surface area contributed by atoms with Gasteiger partial charge in [0.1, 0.15) is 17.7 Å². The predicted octanol–water partition coefficient (Wildman–Crippen LogP) is 3.58. The van der Waals surface area contributed by atoms with Crippen LogP contribution < -0.4 is 20.7 Å². The summed E-state index contributed by atoms with van der Waals surface area (Å²) in [5.41, 5.74) is 1.94. The van der Waals surface area contributed by atoms with Crippen LogP contribution >= 0.6 is 24.0 Å². The Morgan fingerprint density at radius 1 is 1.17 bits per heavy atom. The fraction of sp³-hybridized carbons (Fsp3) is 0.333. The van der Waals surface area contributed by atoms with Gasteiger partial charge < -0.3 is 20.7 Å². The molecule has 2 aromatic carbocycles. The van der Waals surface area contributed by atoms with Gasteiger partial charge in [-0.15, -0.1) is 24.0 Å². The van der Waals surface area contributed by atoms with Crippen molar-refractivity contribution < 1.29 is 13.9 Å². The molecule has 0 aliphatic heterocycles. The Hall–Kier alpha value is -2.36. The van der Waals surface area contributed by atoms with E-state index in [1.54, 1.807) is 19.2 Å². The van der Waals surface area contributed by atoms with Gasteiger partial charge in [0.25, 0.3) is 0 Å². The molecule has 0 bridgehead atoms. The van der Waals surface area contributed by atoms with Gasteiger partial charge in [0.05, 0.1) is 6.54 Å². The van der Waals surface area contributed by atoms with E-state index < -0.39 is 0 Å². The maximum atomic E-state index is 13.2. The highest BCUT2D eigenvalue weighted by molar-refractivity contribution is 14.0. The lowest BCUT2D eigenvalue weighted by Crippen LogP contribution is -2.42. The quantitative estimate of drug-likeness (QED) is 0.286. The van der Waals surface area contributed by atoms with Crippen molar-refractivity contribution in [3.8, 4) is 5.75 Å². The number of hydrogen-bond acceptors (Lipinski definition) is 3. The zero-order chi connectivity index (χ0) is 20.4. The minimum atomic E-state index is -0.319. The lowest BCUT2D eigenvalue weighted by molar-refractivity contribution is -0.114. The highest BCUT2D eigenvalue weighted by Crippen LogP contribution is 2.13. The van der Waals surface area contributed by atoms with Gasteiger partial charge in [-0.05, 0) is 43.2 Å². The smallest absolute Gasteiger partial charge is 0.221 e. The van der Waals surface area contributed by atoms with E-state index in [4.69, 9.17) is 4.74 Å². The minimum absolute atomic E-state index is 0. The Labute approximate surface area is 188 Å². The topological polar surface area (TPSA) is 74.8 Å². The van der Waals surface area contributed by atoms with Crippen LogP contribution in [0.3, 0.4) is 0 Å². The molecule has 0 fully saturated rings. The monoisotopic (exact) mass is 514 g/mol. The van der Waals surface area contributed by atoms with Crippen LogP contribution in [-0.2, 0) is 11.2 Å². The van der Waals surface area contributed by atoms with E-state index in [0.717, 1.165) is 17.7 Å². The average Bonchev–Trinajstić information content (AvgIpc) is 2.65. The van der Waals surface area contributed by atoms with E-state index in [9.17, 15) is 9.18 Å². The van der Waals surface area contributed by atoms with Gasteiger partial charge in [-0.25, -0.2) is 4.39 Å². The molecule has 1 atom stereocenters. The molecule has 3 N–H and O–H groups in total. The summed E-state index contributed by atoms with van der Waals surface area (Å²) in [6.07, 6.45) is 0.665. The lowest BCUT2D eigenvalue weighted by Gasteiger charge is -2.18. The number of hydrogen-bond donors (Lipinski definition) is 3. The van der Waals surface area contributed by atoms with Crippen LogP contribution in [0.5, 0.6) is 5.75 Å². The van der Waals surface area contributed by atoms with Gasteiger partial charge in [-0.1, -0.05) is 18.2 Å². The predicted molar refractivity (Wildman–Crippen MR) is 126 cm³/mol. The summed E-state index contributed by atoms with van der Waals surface area (Å²) < 4.78 is 18.9. The number of nitrogens with one attached hydrogen (secondary N) is 3. The summed E-state index contributed by atoms with van der Waals surface area (Å²) >= 11 is 0. The Bertz CT molecular complexity index is 800. The zero-order valence-electron chi connectivity index (χ0n) is 16.9. The first-order valence-corrected chi connectivity index (χ1v) is 9.19. The number of aliphatic imine (C=N–C) groups is 1. The van der Waals surface area contributed by atoms with E-state index in [2.05, 4.69) is 20.9 Å². The van der Waals surface area contributed by atoms with Crippen molar-refractivity contribution >= 4 is 41.5 Å². The number of nitrogens with zero attached hydrogens (tertiary/aromatic N) is 1. The average molecular weight is 514 g/mol. The third-order valence-electron chi connectivity index (χ3n) is 3.89. The van der Waals surface area contributed by atoms with E-state index in [1.807, 2.05) is 31.2 Å². The van der Waals surface area contributed by atoms with Gasteiger partial charge in [0.15, 0.2) is 5.96 Å². The van der Waals surface area contributed by atoms with Crippen LogP contribution in [0, 0.1) is 5.82 Å². The Morgan fingerprint density at radius 3 is 2.52 bits per heavy atom. The second-order valence-electron chi connectivity index (χ2n) is 6.39. The van der Waals surface area contributed by atoms with Crippen LogP contribution in [-0.4, -0.2) is 38.1 Å². The molecule has 0 saturated carbocycles. The minimum Gasteiger partial charge on any atom is -0.489 e. The number of ether oxygens (including phenoxy) is 1. The Kier molecular flexibility index (Phi) is 11.0. The number of benzene rings is 2. The first-order chi connectivity index (χ1) is 13.5. The number of halogens is 2. The van der Waals surface area contributed by atoms with Gasteiger partial charge in [-0.2, -0.15) is 0 Å². The SMILES string of the molecule is CN=C(NCCc1ccc(NC(C)=O)cc1)NCC(C)Oc1cccc(F)c1.I. The number of carbonyl (C=O) groups excluding carboxylic acids is 1. The molecule has 0 radical (unpaired) electrons. The summed E-state index contributed by atoms with van der Waals surface area (Å²) in [6.45, 7) is 4.63. The highest BCUT2D eigenvalue weighted by Gasteiger charge is 2.06. The molecule has 1 unspecified atom stereocenters. The fourth-order valence-corrected chi connectivity index (χ4v) is 2.56. The zero-order valence-corrected chi connectivity index (χ0v) is 19.2. The first-order valence-electron chi connectivity index (χ1n) is 9.19. The third kappa shape index (κ3) is 9.60. The van der Waals surface area contributed by atoms with E-state index in [-0.39, 0.29) is 41.8 Å². The van der Waals surface area contributed by atoms with E-state index in [0.29, 0.717) is 24.8 Å². The molecule has 8 heteroatoms. The van der Waals surface area contributed by atoms with Crippen LogP contribution in [0.2, 0.25) is 0 Å². The summed E-state index contributed by atoms with van der Waals surface area (Å²) in [4.78, 5) is 15.2. The number of anilines is 1. The second kappa shape index (κ2) is 13.0. The first kappa shape index (κ1) is 24.7. The number of rotatable bonds is 8. The van der Waals surface area contributed by atoms with Crippen molar-refractivity contribution in [3.63, 3.8) is 0 Å². The molecule has 29 heavy (non-hydrogen) atoms. The summed E-state index contributed by atoms with van der Waals surface area (Å²) in [5.74, 6) is 0.768. The Morgan fingerprint density at radius 2 is 1.90 bits per heavy atom. The van der Waals surface area contributed by atoms with Gasteiger partial charge in [-0.3, -0.25) is 9.79 Å². The maximum Gasteiger partial charge on any atom is 0.221 e. The molecule has 1 amide bonds. The van der Waals surface area contributed by atoms with Crippen molar-refractivity contribution in [2.24, 2.45) is 4.99 Å². The van der Waals surface area contributed by atoms with Crippen molar-refractivity contribution in [1.29, 1.82) is 0 Å². The molecule has 158 valence electrons. The molecule has 2 aromatic rings. The number of carbonyl (C=O) groups is 1. The largest absolute Gasteiger partial charge is 0.489 e. The lowest BCUT2D eigenvalue weighted by atomic mass is 10.1. The normalized spacial score (nSPS) is 11.8. The fourth-order valence-electron chi connectivity index (χ4n) is 2.56. The molecule has 0 spiro atoms.